The molecule has 7 heteroatoms. The Bertz CT molecular complexity index is 948. The number of halogens is 1. The first-order valence-electron chi connectivity index (χ1n) is 8.04. The first-order chi connectivity index (χ1) is 12.0. The lowest BCUT2D eigenvalue weighted by Gasteiger charge is -2.15. The summed E-state index contributed by atoms with van der Waals surface area (Å²) in [5, 5.41) is 14.8. The third kappa shape index (κ3) is 3.65. The van der Waals surface area contributed by atoms with Crippen LogP contribution in [0.15, 0.2) is 41.5 Å². The maximum absolute atomic E-state index is 11.6. The fourth-order valence-corrected chi connectivity index (χ4v) is 3.11. The van der Waals surface area contributed by atoms with E-state index in [2.05, 4.69) is 22.0 Å². The Hall–Kier alpha value is -2.44. The summed E-state index contributed by atoms with van der Waals surface area (Å²) in [5.74, 6) is 0.642. The number of hydrogen-bond donors (Lipinski definition) is 2. The van der Waals surface area contributed by atoms with Crippen molar-refractivity contribution < 1.29 is 5.11 Å². The van der Waals surface area contributed by atoms with E-state index >= 15 is 0 Å². The van der Waals surface area contributed by atoms with Gasteiger partial charge < -0.3 is 10.1 Å². The number of aliphatic hydroxyl groups excluding tert-OH is 1. The van der Waals surface area contributed by atoms with Gasteiger partial charge in [-0.05, 0) is 30.5 Å². The summed E-state index contributed by atoms with van der Waals surface area (Å²) in [6, 6.07) is 7.25. The van der Waals surface area contributed by atoms with Crippen LogP contribution in [0.2, 0.25) is 5.02 Å². The lowest BCUT2D eigenvalue weighted by atomic mass is 9.93. The molecule has 0 bridgehead atoms. The van der Waals surface area contributed by atoms with Crippen molar-refractivity contribution in [3.63, 3.8) is 0 Å². The third-order valence-electron chi connectivity index (χ3n) is 4.12. The molecule has 3 rings (SSSR count). The number of aromatic amines is 1. The average molecular weight is 359 g/mol. The molecule has 2 heterocycles. The number of nitrogens with zero attached hydrogens (tertiary/aromatic N) is 3. The Kier molecular flexibility index (Phi) is 5.01. The van der Waals surface area contributed by atoms with Crippen LogP contribution in [-0.4, -0.2) is 31.5 Å². The van der Waals surface area contributed by atoms with Crippen molar-refractivity contribution in [1.82, 2.24) is 19.7 Å². The van der Waals surface area contributed by atoms with Gasteiger partial charge in [-0.25, -0.2) is 9.67 Å². The molecule has 1 aromatic carbocycles. The number of nitrogens with one attached hydrogen (secondary N) is 1. The zero-order chi connectivity index (χ0) is 18.0. The molecule has 0 amide bonds. The largest absolute Gasteiger partial charge is 0.395 e. The summed E-state index contributed by atoms with van der Waals surface area (Å²) in [7, 11) is 0. The highest BCUT2D eigenvalue weighted by molar-refractivity contribution is 6.31. The SMILES string of the molecule is CCc1ccc([C@@H](CO)c2cnn(-c3cc(=O)[nH]c(C)n3)c2)c(Cl)c1. The quantitative estimate of drug-likeness (QED) is 0.734. The van der Waals surface area contributed by atoms with Crippen LogP contribution < -0.4 is 5.56 Å². The fraction of sp³-hybridized carbons (Fsp3) is 0.278. The molecule has 0 spiro atoms. The molecule has 0 saturated heterocycles. The van der Waals surface area contributed by atoms with Crippen molar-refractivity contribution in [2.75, 3.05) is 6.61 Å². The number of H-pyrrole nitrogens is 1. The van der Waals surface area contributed by atoms with Crippen LogP contribution in [0.25, 0.3) is 5.82 Å². The van der Waals surface area contributed by atoms with Crippen molar-refractivity contribution in [2.24, 2.45) is 0 Å². The third-order valence-corrected chi connectivity index (χ3v) is 4.44. The number of aryl methyl sites for hydroxylation is 2. The summed E-state index contributed by atoms with van der Waals surface area (Å²) in [6.45, 7) is 3.68. The summed E-state index contributed by atoms with van der Waals surface area (Å²) in [4.78, 5) is 18.5. The first kappa shape index (κ1) is 17.4. The van der Waals surface area contributed by atoms with Gasteiger partial charge in [0.05, 0.1) is 12.8 Å². The van der Waals surface area contributed by atoms with Crippen LogP contribution in [0.4, 0.5) is 0 Å². The zero-order valence-electron chi connectivity index (χ0n) is 14.0. The van der Waals surface area contributed by atoms with E-state index in [1.165, 1.54) is 10.7 Å². The van der Waals surface area contributed by atoms with E-state index in [9.17, 15) is 9.90 Å². The van der Waals surface area contributed by atoms with E-state index in [1.807, 2.05) is 18.2 Å². The molecule has 6 nitrogen and oxygen atoms in total. The Morgan fingerprint density at radius 3 is 2.80 bits per heavy atom. The summed E-state index contributed by atoms with van der Waals surface area (Å²) >= 11 is 6.40. The van der Waals surface area contributed by atoms with Gasteiger partial charge >= 0.3 is 0 Å². The van der Waals surface area contributed by atoms with Crippen molar-refractivity contribution in [1.29, 1.82) is 0 Å². The van der Waals surface area contributed by atoms with Crippen molar-refractivity contribution in [3.8, 4) is 5.82 Å². The highest BCUT2D eigenvalue weighted by atomic mass is 35.5. The second-order valence-electron chi connectivity index (χ2n) is 5.85. The van der Waals surface area contributed by atoms with E-state index in [1.54, 1.807) is 19.3 Å². The number of aliphatic hydroxyl groups is 1. The molecule has 3 aromatic rings. The van der Waals surface area contributed by atoms with Gasteiger partial charge in [-0.15, -0.1) is 0 Å². The number of hydrogen-bond acceptors (Lipinski definition) is 4. The zero-order valence-corrected chi connectivity index (χ0v) is 14.8. The first-order valence-corrected chi connectivity index (χ1v) is 8.41. The van der Waals surface area contributed by atoms with E-state index in [0.717, 1.165) is 23.1 Å². The van der Waals surface area contributed by atoms with Gasteiger partial charge in [0, 0.05) is 28.8 Å². The number of aromatic nitrogens is 4. The topological polar surface area (TPSA) is 83.8 Å². The molecule has 0 aliphatic rings. The summed E-state index contributed by atoms with van der Waals surface area (Å²) in [5.41, 5.74) is 2.55. The van der Waals surface area contributed by atoms with Crippen LogP contribution in [0, 0.1) is 6.92 Å². The smallest absolute Gasteiger partial charge is 0.253 e. The minimum Gasteiger partial charge on any atom is -0.395 e. The highest BCUT2D eigenvalue weighted by Gasteiger charge is 2.19. The molecule has 0 saturated carbocycles. The molecule has 0 unspecified atom stereocenters. The van der Waals surface area contributed by atoms with Crippen molar-refractivity contribution in [2.45, 2.75) is 26.2 Å². The maximum atomic E-state index is 11.6. The molecule has 2 aromatic heterocycles. The molecule has 25 heavy (non-hydrogen) atoms. The Balaban J connectivity index is 1.98. The predicted octanol–water partition coefficient (Wildman–Crippen LogP) is 2.60. The molecule has 0 radical (unpaired) electrons. The molecule has 130 valence electrons. The van der Waals surface area contributed by atoms with Crippen LogP contribution in [0.5, 0.6) is 0 Å². The number of benzene rings is 1. The number of rotatable bonds is 5. The van der Waals surface area contributed by atoms with Gasteiger partial charge in [-0.1, -0.05) is 30.7 Å². The van der Waals surface area contributed by atoms with Crippen LogP contribution in [0.1, 0.15) is 35.4 Å². The Labute approximate surface area is 150 Å². The predicted molar refractivity (Wildman–Crippen MR) is 96.5 cm³/mol. The van der Waals surface area contributed by atoms with E-state index in [-0.39, 0.29) is 18.1 Å². The highest BCUT2D eigenvalue weighted by Crippen LogP contribution is 2.31. The molecular formula is C18H19ClN4O2. The fourth-order valence-electron chi connectivity index (χ4n) is 2.78. The second-order valence-corrected chi connectivity index (χ2v) is 6.26. The van der Waals surface area contributed by atoms with Crippen molar-refractivity contribution in [3.05, 3.63) is 74.6 Å². The van der Waals surface area contributed by atoms with Gasteiger partial charge in [-0.2, -0.15) is 5.10 Å². The second kappa shape index (κ2) is 7.21. The molecule has 2 N–H and O–H groups in total. The van der Waals surface area contributed by atoms with Crippen LogP contribution in [-0.2, 0) is 6.42 Å². The molecular weight excluding hydrogens is 340 g/mol. The maximum Gasteiger partial charge on any atom is 0.253 e. The van der Waals surface area contributed by atoms with E-state index < -0.39 is 0 Å². The van der Waals surface area contributed by atoms with Gasteiger partial charge in [0.1, 0.15) is 5.82 Å². The van der Waals surface area contributed by atoms with Gasteiger partial charge in [0.2, 0.25) is 0 Å². The lowest BCUT2D eigenvalue weighted by Crippen LogP contribution is -2.12. The van der Waals surface area contributed by atoms with Gasteiger partial charge in [0.15, 0.2) is 5.82 Å². The van der Waals surface area contributed by atoms with Crippen LogP contribution >= 0.6 is 11.6 Å². The van der Waals surface area contributed by atoms with E-state index in [0.29, 0.717) is 16.7 Å². The molecule has 0 aliphatic heterocycles. The van der Waals surface area contributed by atoms with E-state index in [4.69, 9.17) is 11.6 Å². The monoisotopic (exact) mass is 358 g/mol. The van der Waals surface area contributed by atoms with Crippen molar-refractivity contribution >= 4 is 11.6 Å². The Morgan fingerprint density at radius 2 is 2.16 bits per heavy atom. The van der Waals surface area contributed by atoms with Crippen LogP contribution in [0.3, 0.4) is 0 Å². The lowest BCUT2D eigenvalue weighted by molar-refractivity contribution is 0.280. The van der Waals surface area contributed by atoms with Gasteiger partial charge in [0.25, 0.3) is 5.56 Å². The van der Waals surface area contributed by atoms with Gasteiger partial charge in [-0.3, -0.25) is 4.79 Å². The minimum absolute atomic E-state index is 0.0985. The average Bonchev–Trinajstić information content (AvgIpc) is 3.06. The molecule has 0 fully saturated rings. The minimum atomic E-state index is -0.296. The summed E-state index contributed by atoms with van der Waals surface area (Å²) in [6.07, 6.45) is 4.31. The molecule has 0 aliphatic carbocycles. The summed E-state index contributed by atoms with van der Waals surface area (Å²) < 4.78 is 1.52. The standard InChI is InChI=1S/C18H19ClN4O2/c1-3-12-4-5-14(16(19)6-12)15(10-24)13-8-20-23(9-13)17-7-18(25)22-11(2)21-17/h4-9,15,24H,3,10H2,1-2H3,(H,21,22,25)/t15-/m0/s1. The molecule has 1 atom stereocenters. The normalized spacial score (nSPS) is 12.3. The Morgan fingerprint density at radius 1 is 1.36 bits per heavy atom.